The van der Waals surface area contributed by atoms with Crippen molar-refractivity contribution in [3.8, 4) is 0 Å². The number of sulfonamides is 1. The standard InChI is InChI=1S/C31H34Cl2N2O5S2/c1-31(17-28(36)37)16-26(22-5-3-6-24(33)15-22)29(21-10-12-23(32)13-11-21)35(30(31)38)27(20-8-9-20)19-34(42(2,39)40)18-25-7-4-14-41-25/h3-7,10-15,20,26-27,29H,8-9,16-19H2,1-2H3,(H,36,37)/t26?,27-,29-,31-/m1/s1. The van der Waals surface area contributed by atoms with E-state index in [1.807, 2.05) is 52.7 Å². The SMILES string of the molecule is C[C@]1(CC(=O)O)CC(c2cccc(Cl)c2)[C@@H](c2ccc(Cl)cc2)N([C@H](CN(Cc2cccs2)S(C)(=O)=O)C2CC2)C1=O. The van der Waals surface area contributed by atoms with Gasteiger partial charge in [0.05, 0.1) is 24.1 Å². The molecule has 1 amide bonds. The number of thiophene rings is 1. The highest BCUT2D eigenvalue weighted by atomic mass is 35.5. The second-order valence-electron chi connectivity index (χ2n) is 11.7. The fourth-order valence-electron chi connectivity index (χ4n) is 6.29. The van der Waals surface area contributed by atoms with Gasteiger partial charge in [-0.3, -0.25) is 9.59 Å². The van der Waals surface area contributed by atoms with Crippen LogP contribution in [0.1, 0.15) is 60.6 Å². The summed E-state index contributed by atoms with van der Waals surface area (Å²) in [4.78, 5) is 29.5. The summed E-state index contributed by atoms with van der Waals surface area (Å²) in [6.45, 7) is 2.04. The van der Waals surface area contributed by atoms with Gasteiger partial charge in [0, 0.05) is 40.0 Å². The van der Waals surface area contributed by atoms with Crippen LogP contribution in [0.5, 0.6) is 0 Å². The Bertz CT molecular complexity index is 1540. The molecule has 0 bridgehead atoms. The maximum Gasteiger partial charge on any atom is 0.304 e. The molecule has 1 N–H and O–H groups in total. The third-order valence-corrected chi connectivity index (χ3v) is 11.0. The molecule has 0 radical (unpaired) electrons. The average molecular weight is 650 g/mol. The van der Waals surface area contributed by atoms with Crippen LogP contribution in [0.25, 0.3) is 0 Å². The zero-order valence-electron chi connectivity index (χ0n) is 23.4. The lowest BCUT2D eigenvalue weighted by Crippen LogP contribution is -2.59. The Labute approximate surface area is 261 Å². The number of halogens is 2. The minimum atomic E-state index is -3.63. The number of carbonyl (C=O) groups excluding carboxylic acids is 1. The molecule has 224 valence electrons. The number of benzene rings is 2. The van der Waals surface area contributed by atoms with Crippen molar-refractivity contribution in [2.75, 3.05) is 12.8 Å². The van der Waals surface area contributed by atoms with Crippen molar-refractivity contribution in [3.05, 3.63) is 92.1 Å². The molecule has 4 atom stereocenters. The number of amides is 1. The fraction of sp³-hybridized carbons (Fsp3) is 0.419. The molecular formula is C31H34Cl2N2O5S2. The van der Waals surface area contributed by atoms with Crippen LogP contribution in [0.15, 0.2) is 66.0 Å². The molecule has 1 saturated heterocycles. The van der Waals surface area contributed by atoms with Gasteiger partial charge in [0.25, 0.3) is 0 Å². The van der Waals surface area contributed by atoms with Crippen molar-refractivity contribution >= 4 is 56.4 Å². The Morgan fingerprint density at radius 1 is 1.10 bits per heavy atom. The topological polar surface area (TPSA) is 95.0 Å². The molecule has 1 aliphatic carbocycles. The number of carbonyl (C=O) groups is 2. The molecule has 2 heterocycles. The molecule has 2 fully saturated rings. The smallest absolute Gasteiger partial charge is 0.304 e. The molecule has 3 aromatic rings. The highest BCUT2D eigenvalue weighted by Crippen LogP contribution is 2.54. The molecule has 1 unspecified atom stereocenters. The number of nitrogens with zero attached hydrogens (tertiary/aromatic N) is 2. The molecule has 42 heavy (non-hydrogen) atoms. The second-order valence-corrected chi connectivity index (χ2v) is 15.6. The number of hydrogen-bond donors (Lipinski definition) is 1. The average Bonchev–Trinajstić information content (AvgIpc) is 3.62. The number of carboxylic acids is 1. The second kappa shape index (κ2) is 12.3. The van der Waals surface area contributed by atoms with Gasteiger partial charge in [-0.1, -0.05) is 60.5 Å². The largest absolute Gasteiger partial charge is 0.481 e. The molecule has 7 nitrogen and oxygen atoms in total. The molecule has 2 aromatic carbocycles. The predicted octanol–water partition coefficient (Wildman–Crippen LogP) is 6.83. The Morgan fingerprint density at radius 2 is 1.81 bits per heavy atom. The highest BCUT2D eigenvalue weighted by Gasteiger charge is 2.55. The summed E-state index contributed by atoms with van der Waals surface area (Å²) in [6.07, 6.45) is 2.87. The summed E-state index contributed by atoms with van der Waals surface area (Å²) in [5.41, 5.74) is 0.535. The van der Waals surface area contributed by atoms with Crippen molar-refractivity contribution in [1.82, 2.24) is 9.21 Å². The maximum atomic E-state index is 14.6. The van der Waals surface area contributed by atoms with Crippen molar-refractivity contribution in [2.24, 2.45) is 11.3 Å². The highest BCUT2D eigenvalue weighted by molar-refractivity contribution is 7.88. The third-order valence-electron chi connectivity index (χ3n) is 8.43. The number of likely N-dealkylation sites (tertiary alicyclic amines) is 1. The van der Waals surface area contributed by atoms with Crippen molar-refractivity contribution < 1.29 is 23.1 Å². The number of hydrogen-bond acceptors (Lipinski definition) is 5. The van der Waals surface area contributed by atoms with Crippen molar-refractivity contribution in [1.29, 1.82) is 0 Å². The number of aliphatic carboxylic acids is 1. The van der Waals surface area contributed by atoms with Crippen LogP contribution < -0.4 is 0 Å². The maximum absolute atomic E-state index is 14.6. The van der Waals surface area contributed by atoms with E-state index in [9.17, 15) is 23.1 Å². The van der Waals surface area contributed by atoms with E-state index < -0.39 is 33.5 Å². The van der Waals surface area contributed by atoms with Crippen molar-refractivity contribution in [3.63, 3.8) is 0 Å². The van der Waals surface area contributed by atoms with E-state index in [1.165, 1.54) is 21.9 Å². The summed E-state index contributed by atoms with van der Waals surface area (Å²) in [5, 5.41) is 12.9. The molecule has 11 heteroatoms. The van der Waals surface area contributed by atoms with Gasteiger partial charge >= 0.3 is 5.97 Å². The van der Waals surface area contributed by atoms with Crippen LogP contribution in [0, 0.1) is 11.3 Å². The zero-order chi connectivity index (χ0) is 30.2. The number of carboxylic acid groups (broad SMARTS) is 1. The number of rotatable bonds is 11. The van der Waals surface area contributed by atoms with Crippen LogP contribution in [0.4, 0.5) is 0 Å². The lowest BCUT2D eigenvalue weighted by Gasteiger charge is -2.52. The van der Waals surface area contributed by atoms with Gasteiger partial charge in [0.2, 0.25) is 15.9 Å². The molecular weight excluding hydrogens is 615 g/mol. The Balaban J connectivity index is 1.66. The molecule has 2 aliphatic rings. The first kappa shape index (κ1) is 31.0. The first-order valence-corrected chi connectivity index (χ1v) is 17.4. The number of piperidine rings is 1. The summed E-state index contributed by atoms with van der Waals surface area (Å²) in [5.74, 6) is -1.54. The summed E-state index contributed by atoms with van der Waals surface area (Å²) in [7, 11) is -3.63. The predicted molar refractivity (Wildman–Crippen MR) is 166 cm³/mol. The van der Waals surface area contributed by atoms with Gasteiger partial charge in [-0.15, -0.1) is 11.3 Å². The van der Waals surface area contributed by atoms with E-state index in [4.69, 9.17) is 23.2 Å². The van der Waals surface area contributed by atoms with E-state index in [2.05, 4.69) is 0 Å². The lowest BCUT2D eigenvalue weighted by atomic mass is 9.67. The zero-order valence-corrected chi connectivity index (χ0v) is 26.6. The minimum absolute atomic E-state index is 0.0866. The first-order chi connectivity index (χ1) is 19.9. The van der Waals surface area contributed by atoms with Gasteiger partial charge in [-0.2, -0.15) is 4.31 Å². The summed E-state index contributed by atoms with van der Waals surface area (Å²) < 4.78 is 27.7. The molecule has 1 aromatic heterocycles. The van der Waals surface area contributed by atoms with E-state index in [-0.39, 0.29) is 37.3 Å². The Hall–Kier alpha value is -2.43. The van der Waals surface area contributed by atoms with E-state index in [1.54, 1.807) is 25.1 Å². The van der Waals surface area contributed by atoms with Gasteiger partial charge in [-0.05, 0) is 72.0 Å². The van der Waals surface area contributed by atoms with E-state index >= 15 is 0 Å². The fourth-order valence-corrected chi connectivity index (χ4v) is 8.22. The molecule has 1 aliphatic heterocycles. The molecule has 1 saturated carbocycles. The molecule has 5 rings (SSSR count). The van der Waals surface area contributed by atoms with Gasteiger partial charge in [-0.25, -0.2) is 8.42 Å². The van der Waals surface area contributed by atoms with Crippen LogP contribution in [-0.4, -0.2) is 53.4 Å². The summed E-state index contributed by atoms with van der Waals surface area (Å²) >= 11 is 14.2. The van der Waals surface area contributed by atoms with Gasteiger partial charge in [0.15, 0.2) is 0 Å². The lowest BCUT2D eigenvalue weighted by molar-refractivity contribution is -0.161. The van der Waals surface area contributed by atoms with Crippen LogP contribution in [0.2, 0.25) is 10.0 Å². The van der Waals surface area contributed by atoms with Crippen LogP contribution >= 0.6 is 34.5 Å². The van der Waals surface area contributed by atoms with Crippen LogP contribution in [0.3, 0.4) is 0 Å². The van der Waals surface area contributed by atoms with E-state index in [0.29, 0.717) is 16.5 Å². The normalized spacial score (nSPS) is 23.7. The first-order valence-electron chi connectivity index (χ1n) is 13.9. The van der Waals surface area contributed by atoms with Gasteiger partial charge in [0.1, 0.15) is 0 Å². The molecule has 0 spiro atoms. The quantitative estimate of drug-likeness (QED) is 0.246. The third kappa shape index (κ3) is 6.86. The monoisotopic (exact) mass is 648 g/mol. The minimum Gasteiger partial charge on any atom is -0.481 e. The van der Waals surface area contributed by atoms with Crippen molar-refractivity contribution in [2.45, 2.75) is 57.2 Å². The van der Waals surface area contributed by atoms with E-state index in [0.717, 1.165) is 28.8 Å². The Morgan fingerprint density at radius 3 is 2.38 bits per heavy atom. The summed E-state index contributed by atoms with van der Waals surface area (Å²) in [6, 6.07) is 17.7. The van der Waals surface area contributed by atoms with Crippen LogP contribution in [-0.2, 0) is 26.2 Å². The Kier molecular flexibility index (Phi) is 9.07. The van der Waals surface area contributed by atoms with Gasteiger partial charge < -0.3 is 10.0 Å².